The van der Waals surface area contributed by atoms with Gasteiger partial charge in [0.1, 0.15) is 18.0 Å². The lowest BCUT2D eigenvalue weighted by Gasteiger charge is -2.25. The second kappa shape index (κ2) is 9.34. The number of hydrogen-bond donors (Lipinski definition) is 1. The van der Waals surface area contributed by atoms with Crippen LogP contribution in [0.2, 0.25) is 0 Å². The second-order valence-corrected chi connectivity index (χ2v) is 10.6. The third-order valence-corrected chi connectivity index (χ3v) is 7.66. The van der Waals surface area contributed by atoms with Crippen molar-refractivity contribution in [1.82, 2.24) is 4.57 Å². The number of nitrogens with two attached hydrogens (primary N) is 1. The average Bonchev–Trinajstić information content (AvgIpc) is 3.17. The number of sulfonamides is 1. The number of thiazole rings is 1. The van der Waals surface area contributed by atoms with Crippen LogP contribution in [0.15, 0.2) is 76.6 Å². The van der Waals surface area contributed by atoms with E-state index in [2.05, 4.69) is 4.99 Å². The molecule has 11 heteroatoms. The number of carbonyl (C=O) groups is 2. The first-order chi connectivity index (χ1) is 17.3. The third kappa shape index (κ3) is 4.43. The number of carbonyl (C=O) groups excluding carboxylic acids is 2. The first-order valence-corrected chi connectivity index (χ1v) is 13.4. The molecule has 0 saturated carbocycles. The van der Waals surface area contributed by atoms with Crippen LogP contribution in [0.3, 0.4) is 0 Å². The number of nitrogens with zero attached hydrogens (tertiary/aromatic N) is 2. The molecule has 0 spiro atoms. The molecule has 1 aliphatic heterocycles. The number of amides is 1. The van der Waals surface area contributed by atoms with Gasteiger partial charge in [0, 0.05) is 11.1 Å². The van der Waals surface area contributed by atoms with Crippen molar-refractivity contribution in [3.05, 3.63) is 82.7 Å². The molecule has 5 rings (SSSR count). The van der Waals surface area contributed by atoms with Gasteiger partial charge in [-0.1, -0.05) is 47.7 Å². The van der Waals surface area contributed by atoms with Crippen molar-refractivity contribution < 1.29 is 27.5 Å². The minimum Gasteiger partial charge on any atom is -0.465 e. The van der Waals surface area contributed by atoms with Gasteiger partial charge in [-0.25, -0.2) is 13.6 Å². The minimum atomic E-state index is -3.94. The van der Waals surface area contributed by atoms with E-state index >= 15 is 0 Å². The monoisotopic (exact) mass is 523 g/mol. The summed E-state index contributed by atoms with van der Waals surface area (Å²) >= 11 is 1.09. The number of rotatable bonds is 5. The zero-order chi connectivity index (χ0) is 25.4. The molecule has 1 aromatic heterocycles. The summed E-state index contributed by atoms with van der Waals surface area (Å²) in [5, 5.41) is 5.29. The number of esters is 1. The highest BCUT2D eigenvalue weighted by Crippen LogP contribution is 2.44. The summed E-state index contributed by atoms with van der Waals surface area (Å²) < 4.78 is 36.8. The lowest BCUT2D eigenvalue weighted by atomic mass is 9.87. The lowest BCUT2D eigenvalue weighted by molar-refractivity contribution is -0.143. The van der Waals surface area contributed by atoms with Crippen LogP contribution < -0.4 is 14.7 Å². The van der Waals surface area contributed by atoms with Gasteiger partial charge in [0.05, 0.1) is 27.6 Å². The van der Waals surface area contributed by atoms with Gasteiger partial charge in [0.15, 0.2) is 4.80 Å². The molecular formula is C25H21N3O6S2. The van der Waals surface area contributed by atoms with E-state index in [1.807, 2.05) is 36.4 Å². The molecule has 0 aliphatic carbocycles. The maximum absolute atomic E-state index is 13.7. The van der Waals surface area contributed by atoms with Crippen molar-refractivity contribution >= 4 is 43.5 Å². The van der Waals surface area contributed by atoms with Crippen molar-refractivity contribution in [2.45, 2.75) is 24.3 Å². The number of hydrogen-bond acceptors (Lipinski definition) is 7. The van der Waals surface area contributed by atoms with Crippen LogP contribution in [0.1, 0.15) is 24.0 Å². The maximum atomic E-state index is 13.7. The van der Waals surface area contributed by atoms with E-state index in [4.69, 9.17) is 14.6 Å². The molecule has 1 aliphatic rings. The van der Waals surface area contributed by atoms with Gasteiger partial charge in [0.2, 0.25) is 10.0 Å². The summed E-state index contributed by atoms with van der Waals surface area (Å²) in [7, 11) is -3.94. The minimum absolute atomic E-state index is 0.0790. The lowest BCUT2D eigenvalue weighted by Crippen LogP contribution is -2.25. The fourth-order valence-electron chi connectivity index (χ4n) is 4.14. The molecule has 0 radical (unpaired) electrons. The van der Waals surface area contributed by atoms with Crippen LogP contribution in [0, 0.1) is 0 Å². The molecule has 0 unspecified atom stereocenters. The number of primary sulfonamides is 1. The molecular weight excluding hydrogens is 502 g/mol. The first kappa shape index (κ1) is 23.9. The van der Waals surface area contributed by atoms with Crippen molar-refractivity contribution in [2.75, 3.05) is 6.61 Å². The summed E-state index contributed by atoms with van der Waals surface area (Å²) in [5.74, 6) is -0.540. The Bertz CT molecular complexity index is 1640. The number of aromatic nitrogens is 1. The average molecular weight is 524 g/mol. The van der Waals surface area contributed by atoms with E-state index in [-0.39, 0.29) is 22.8 Å². The van der Waals surface area contributed by atoms with Gasteiger partial charge >= 0.3 is 5.97 Å². The predicted molar refractivity (Wildman–Crippen MR) is 133 cm³/mol. The van der Waals surface area contributed by atoms with Crippen LogP contribution in [0.5, 0.6) is 11.5 Å². The van der Waals surface area contributed by atoms with Gasteiger partial charge in [-0.15, -0.1) is 0 Å². The van der Waals surface area contributed by atoms with Crippen LogP contribution in [-0.4, -0.2) is 31.5 Å². The van der Waals surface area contributed by atoms with Gasteiger partial charge in [-0.05, 0) is 37.3 Å². The highest BCUT2D eigenvalue weighted by molar-refractivity contribution is 7.89. The van der Waals surface area contributed by atoms with Crippen molar-refractivity contribution in [2.24, 2.45) is 10.1 Å². The summed E-state index contributed by atoms with van der Waals surface area (Å²) in [6.07, 6.45) is 0. The molecule has 0 fully saturated rings. The molecule has 9 nitrogen and oxygen atoms in total. The second-order valence-electron chi connectivity index (χ2n) is 8.01. The van der Waals surface area contributed by atoms with Crippen LogP contribution in [-0.2, 0) is 30.9 Å². The Kier molecular flexibility index (Phi) is 6.20. The largest absolute Gasteiger partial charge is 0.465 e. The van der Waals surface area contributed by atoms with Crippen LogP contribution in [0.4, 0.5) is 0 Å². The highest BCUT2D eigenvalue weighted by atomic mass is 32.2. The fraction of sp³-hybridized carbons (Fsp3) is 0.160. The molecule has 2 N–H and O–H groups in total. The van der Waals surface area contributed by atoms with Gasteiger partial charge in [0.25, 0.3) is 5.91 Å². The molecule has 4 aromatic rings. The molecule has 1 amide bonds. The molecule has 0 atom stereocenters. The molecule has 0 saturated heterocycles. The fourth-order valence-corrected chi connectivity index (χ4v) is 5.83. The van der Waals surface area contributed by atoms with Gasteiger partial charge in [-0.3, -0.25) is 9.59 Å². The van der Waals surface area contributed by atoms with E-state index in [1.165, 1.54) is 18.2 Å². The molecule has 2 heterocycles. The molecule has 36 heavy (non-hydrogen) atoms. The van der Waals surface area contributed by atoms with E-state index < -0.39 is 27.8 Å². The summed E-state index contributed by atoms with van der Waals surface area (Å²) in [4.78, 5) is 30.6. The Hall–Kier alpha value is -3.80. The van der Waals surface area contributed by atoms with Crippen molar-refractivity contribution in [3.63, 3.8) is 0 Å². The van der Waals surface area contributed by atoms with Gasteiger partial charge < -0.3 is 14.0 Å². The SMILES string of the molecule is CCOC(=O)Cn1c(=NC(=O)C2c3ccccc3Oc3ccccc32)sc2cc(S(N)(=O)=O)ccc21. The van der Waals surface area contributed by atoms with E-state index in [0.717, 1.165) is 11.3 Å². The molecule has 3 aromatic carbocycles. The Morgan fingerprint density at radius 2 is 1.69 bits per heavy atom. The van der Waals surface area contributed by atoms with Crippen LogP contribution >= 0.6 is 11.3 Å². The predicted octanol–water partition coefficient (Wildman–Crippen LogP) is 3.28. The van der Waals surface area contributed by atoms with Crippen molar-refractivity contribution in [3.8, 4) is 11.5 Å². The standard InChI is InChI=1S/C25H21N3O6S2/c1-2-33-22(29)14-28-18-12-11-15(36(26,31)32)13-21(18)35-25(28)27-24(30)23-16-7-3-5-9-19(16)34-20-10-6-4-8-17(20)23/h3-13,23H,2,14H2,1H3,(H2,26,31,32). The quantitative estimate of drug-likeness (QED) is 0.400. The Morgan fingerprint density at radius 1 is 1.06 bits per heavy atom. The van der Waals surface area contributed by atoms with Crippen LogP contribution in [0.25, 0.3) is 10.2 Å². The maximum Gasteiger partial charge on any atom is 0.326 e. The smallest absolute Gasteiger partial charge is 0.326 e. The Labute approximate surface area is 210 Å². The summed E-state index contributed by atoms with van der Waals surface area (Å²) in [6.45, 7) is 1.69. The summed E-state index contributed by atoms with van der Waals surface area (Å²) in [6, 6.07) is 18.8. The van der Waals surface area contributed by atoms with E-state index in [0.29, 0.717) is 32.8 Å². The topological polar surface area (TPSA) is 130 Å². The number of fused-ring (bicyclic) bond motifs is 3. The third-order valence-electron chi connectivity index (χ3n) is 5.71. The van der Waals surface area contributed by atoms with Crippen molar-refractivity contribution in [1.29, 1.82) is 0 Å². The number of benzene rings is 3. The zero-order valence-electron chi connectivity index (χ0n) is 19.1. The highest BCUT2D eigenvalue weighted by Gasteiger charge is 2.32. The first-order valence-electron chi connectivity index (χ1n) is 11.0. The number of para-hydroxylation sites is 2. The van der Waals surface area contributed by atoms with Gasteiger partial charge in [-0.2, -0.15) is 4.99 Å². The molecule has 184 valence electrons. The van der Waals surface area contributed by atoms with E-state index in [9.17, 15) is 18.0 Å². The Balaban J connectivity index is 1.68. The normalized spacial score (nSPS) is 13.7. The summed E-state index contributed by atoms with van der Waals surface area (Å²) in [5.41, 5.74) is 1.89. The number of ether oxygens (including phenoxy) is 2. The Morgan fingerprint density at radius 3 is 2.31 bits per heavy atom. The molecule has 0 bridgehead atoms. The van der Waals surface area contributed by atoms with E-state index in [1.54, 1.807) is 23.6 Å². The zero-order valence-corrected chi connectivity index (χ0v) is 20.7.